The van der Waals surface area contributed by atoms with Crippen LogP contribution in [0.25, 0.3) is 6.08 Å². The van der Waals surface area contributed by atoms with E-state index in [4.69, 9.17) is 0 Å². The zero-order chi connectivity index (χ0) is 17.8. The van der Waals surface area contributed by atoms with Crippen molar-refractivity contribution in [1.82, 2.24) is 0 Å². The van der Waals surface area contributed by atoms with E-state index >= 15 is 0 Å². The van der Waals surface area contributed by atoms with Gasteiger partial charge in [-0.25, -0.2) is 0 Å². The summed E-state index contributed by atoms with van der Waals surface area (Å²) >= 11 is 3.33. The minimum absolute atomic E-state index is 0.0835. The predicted octanol–water partition coefficient (Wildman–Crippen LogP) is 4.85. The molecule has 6 heteroatoms. The molecule has 0 amide bonds. The summed E-state index contributed by atoms with van der Waals surface area (Å²) in [5, 5.41) is 11.4. The number of nitrogens with zero attached hydrogens (tertiary/aromatic N) is 2. The molecule has 0 N–H and O–H groups in total. The van der Waals surface area contributed by atoms with E-state index < -0.39 is 0 Å². The van der Waals surface area contributed by atoms with Gasteiger partial charge in [0.1, 0.15) is 5.69 Å². The number of hydrogen-bond donors (Lipinski definition) is 0. The quantitative estimate of drug-likeness (QED) is 0.311. The first-order valence-corrected chi connectivity index (χ1v) is 8.85. The second-order valence-electron chi connectivity index (χ2n) is 5.90. The van der Waals surface area contributed by atoms with Crippen LogP contribution in [0.1, 0.15) is 28.8 Å². The van der Waals surface area contributed by atoms with E-state index in [0.717, 1.165) is 30.4 Å². The molecule has 5 nitrogen and oxygen atoms in total. The average molecular weight is 401 g/mol. The number of ketones is 1. The van der Waals surface area contributed by atoms with Gasteiger partial charge in [0.15, 0.2) is 5.78 Å². The minimum atomic E-state index is -0.360. The number of carbonyl (C=O) groups is 1. The van der Waals surface area contributed by atoms with Crippen LogP contribution >= 0.6 is 15.9 Å². The lowest BCUT2D eigenvalue weighted by Crippen LogP contribution is -2.18. The van der Waals surface area contributed by atoms with Gasteiger partial charge in [-0.3, -0.25) is 14.9 Å². The van der Waals surface area contributed by atoms with Crippen molar-refractivity contribution in [2.45, 2.75) is 12.8 Å². The number of carbonyl (C=O) groups excluding carboxylic acids is 1. The van der Waals surface area contributed by atoms with E-state index in [1.54, 1.807) is 36.4 Å². The Bertz CT molecular complexity index is 825. The van der Waals surface area contributed by atoms with Crippen molar-refractivity contribution in [2.24, 2.45) is 0 Å². The molecule has 0 spiro atoms. The Morgan fingerprint density at radius 3 is 2.44 bits per heavy atom. The molecule has 0 bridgehead atoms. The lowest BCUT2D eigenvalue weighted by Gasteiger charge is -2.17. The van der Waals surface area contributed by atoms with Crippen LogP contribution in [0.5, 0.6) is 0 Å². The molecule has 1 saturated heterocycles. The molecule has 2 aromatic carbocycles. The third-order valence-corrected chi connectivity index (χ3v) is 4.73. The van der Waals surface area contributed by atoms with Crippen molar-refractivity contribution in [3.05, 3.63) is 74.3 Å². The molecule has 0 unspecified atom stereocenters. The Kier molecular flexibility index (Phi) is 5.28. The van der Waals surface area contributed by atoms with E-state index in [1.165, 1.54) is 12.1 Å². The second-order valence-corrected chi connectivity index (χ2v) is 6.82. The number of rotatable bonds is 5. The number of nitro benzene ring substituents is 1. The summed E-state index contributed by atoms with van der Waals surface area (Å²) in [6.45, 7) is 1.69. The molecule has 0 atom stereocenters. The standard InChI is InChI=1S/C19H17BrN2O3/c20-16-7-5-15(6-8-16)19(23)10-4-14-3-9-17(18(13-14)22(24)25)21-11-1-2-12-21/h3-10,13H,1-2,11-12H2/b10-4+. The van der Waals surface area contributed by atoms with Gasteiger partial charge in [0.2, 0.25) is 0 Å². The first-order chi connectivity index (χ1) is 12.0. The van der Waals surface area contributed by atoms with E-state index in [0.29, 0.717) is 16.8 Å². The molecule has 1 aliphatic heterocycles. The molecule has 0 saturated carbocycles. The van der Waals surface area contributed by atoms with Gasteiger partial charge < -0.3 is 4.90 Å². The highest BCUT2D eigenvalue weighted by atomic mass is 79.9. The molecule has 1 heterocycles. The second kappa shape index (κ2) is 7.61. The van der Waals surface area contributed by atoms with Crippen LogP contribution in [0.2, 0.25) is 0 Å². The number of nitro groups is 1. The van der Waals surface area contributed by atoms with Crippen LogP contribution in [0.4, 0.5) is 11.4 Å². The summed E-state index contributed by atoms with van der Waals surface area (Å²) in [7, 11) is 0. The fourth-order valence-electron chi connectivity index (χ4n) is 2.90. The van der Waals surface area contributed by atoms with Crippen LogP contribution in [-0.4, -0.2) is 23.8 Å². The Labute approximate surface area is 154 Å². The Balaban J connectivity index is 1.82. The van der Waals surface area contributed by atoms with Gasteiger partial charge in [0, 0.05) is 29.2 Å². The average Bonchev–Trinajstić information content (AvgIpc) is 3.14. The van der Waals surface area contributed by atoms with Crippen molar-refractivity contribution < 1.29 is 9.72 Å². The minimum Gasteiger partial charge on any atom is -0.366 e. The van der Waals surface area contributed by atoms with Crippen LogP contribution < -0.4 is 4.90 Å². The zero-order valence-corrected chi connectivity index (χ0v) is 15.1. The Hall–Kier alpha value is -2.47. The molecule has 0 aliphatic carbocycles. The van der Waals surface area contributed by atoms with E-state index in [2.05, 4.69) is 15.9 Å². The molecular formula is C19H17BrN2O3. The van der Waals surface area contributed by atoms with E-state index in [1.807, 2.05) is 11.0 Å². The Morgan fingerprint density at radius 2 is 1.80 bits per heavy atom. The summed E-state index contributed by atoms with van der Waals surface area (Å²) in [6, 6.07) is 12.2. The molecular weight excluding hydrogens is 384 g/mol. The number of allylic oxidation sites excluding steroid dienone is 1. The van der Waals surface area contributed by atoms with Crippen molar-refractivity contribution in [3.63, 3.8) is 0 Å². The van der Waals surface area contributed by atoms with E-state index in [9.17, 15) is 14.9 Å². The predicted molar refractivity (Wildman–Crippen MR) is 102 cm³/mol. The number of hydrogen-bond acceptors (Lipinski definition) is 4. The van der Waals surface area contributed by atoms with Crippen molar-refractivity contribution in [1.29, 1.82) is 0 Å². The van der Waals surface area contributed by atoms with Gasteiger partial charge in [-0.15, -0.1) is 0 Å². The largest absolute Gasteiger partial charge is 0.366 e. The molecule has 0 radical (unpaired) electrons. The molecule has 128 valence electrons. The fourth-order valence-corrected chi connectivity index (χ4v) is 3.16. The third-order valence-electron chi connectivity index (χ3n) is 4.20. The summed E-state index contributed by atoms with van der Waals surface area (Å²) in [5.74, 6) is -0.140. The fraction of sp³-hybridized carbons (Fsp3) is 0.211. The molecule has 0 aromatic heterocycles. The highest BCUT2D eigenvalue weighted by molar-refractivity contribution is 9.10. The Morgan fingerprint density at radius 1 is 1.12 bits per heavy atom. The first-order valence-electron chi connectivity index (χ1n) is 8.06. The molecule has 1 aliphatic rings. The van der Waals surface area contributed by atoms with Gasteiger partial charge in [-0.2, -0.15) is 0 Å². The maximum absolute atomic E-state index is 12.2. The smallest absolute Gasteiger partial charge is 0.293 e. The molecule has 2 aromatic rings. The first kappa shape index (κ1) is 17.4. The maximum Gasteiger partial charge on any atom is 0.293 e. The molecule has 1 fully saturated rings. The normalized spacial score (nSPS) is 14.2. The van der Waals surface area contributed by atoms with Gasteiger partial charge in [0.25, 0.3) is 5.69 Å². The summed E-state index contributed by atoms with van der Waals surface area (Å²) in [5.41, 5.74) is 1.95. The summed E-state index contributed by atoms with van der Waals surface area (Å²) in [4.78, 5) is 25.3. The van der Waals surface area contributed by atoms with Gasteiger partial charge >= 0.3 is 0 Å². The highest BCUT2D eigenvalue weighted by Crippen LogP contribution is 2.32. The van der Waals surface area contributed by atoms with Crippen LogP contribution in [-0.2, 0) is 0 Å². The van der Waals surface area contributed by atoms with Crippen molar-refractivity contribution in [2.75, 3.05) is 18.0 Å². The lowest BCUT2D eigenvalue weighted by atomic mass is 10.1. The van der Waals surface area contributed by atoms with E-state index in [-0.39, 0.29) is 16.4 Å². The topological polar surface area (TPSA) is 63.5 Å². The molecule has 3 rings (SSSR count). The van der Waals surface area contributed by atoms with Crippen LogP contribution in [0.15, 0.2) is 53.0 Å². The van der Waals surface area contributed by atoms with Gasteiger partial charge in [0.05, 0.1) is 4.92 Å². The summed E-state index contributed by atoms with van der Waals surface area (Å²) in [6.07, 6.45) is 5.17. The number of anilines is 1. The molecule has 25 heavy (non-hydrogen) atoms. The van der Waals surface area contributed by atoms with Gasteiger partial charge in [-0.05, 0) is 54.8 Å². The zero-order valence-electron chi connectivity index (χ0n) is 13.5. The maximum atomic E-state index is 12.2. The summed E-state index contributed by atoms with van der Waals surface area (Å²) < 4.78 is 0.904. The number of benzene rings is 2. The van der Waals surface area contributed by atoms with Gasteiger partial charge in [-0.1, -0.05) is 28.1 Å². The van der Waals surface area contributed by atoms with Crippen LogP contribution in [0.3, 0.4) is 0 Å². The van der Waals surface area contributed by atoms with Crippen LogP contribution in [0, 0.1) is 10.1 Å². The SMILES string of the molecule is O=C(/C=C/c1ccc(N2CCCC2)c([N+](=O)[O-])c1)c1ccc(Br)cc1. The number of halogens is 1. The van der Waals surface area contributed by atoms with Crippen molar-refractivity contribution in [3.8, 4) is 0 Å². The highest BCUT2D eigenvalue weighted by Gasteiger charge is 2.22. The van der Waals surface area contributed by atoms with Crippen molar-refractivity contribution >= 4 is 39.2 Å². The lowest BCUT2D eigenvalue weighted by molar-refractivity contribution is -0.384. The monoisotopic (exact) mass is 400 g/mol. The third kappa shape index (κ3) is 4.14.